The molecule has 0 radical (unpaired) electrons. The Morgan fingerprint density at radius 1 is 0.938 bits per heavy atom. The monoisotopic (exact) mass is 497 g/mol. The molecule has 7 heteroatoms. The van der Waals surface area contributed by atoms with Crippen LogP contribution >= 0.6 is 15.9 Å². The average Bonchev–Trinajstić information content (AvgIpc) is 3.11. The van der Waals surface area contributed by atoms with E-state index in [1.54, 1.807) is 18.3 Å². The molecule has 4 nitrogen and oxygen atoms in total. The summed E-state index contributed by atoms with van der Waals surface area (Å²) in [5, 5.41) is 2.43. The van der Waals surface area contributed by atoms with Gasteiger partial charge in [-0.2, -0.15) is 0 Å². The van der Waals surface area contributed by atoms with Gasteiger partial charge in [-0.1, -0.05) is 50.2 Å². The van der Waals surface area contributed by atoms with E-state index in [1.807, 2.05) is 61.9 Å². The second kappa shape index (κ2) is 10.3. The molecule has 4 rings (SSSR count). The molecule has 0 saturated heterocycles. The van der Waals surface area contributed by atoms with Crippen LogP contribution in [0.4, 0.5) is 14.6 Å². The Morgan fingerprint density at radius 3 is 2.19 bits per heavy atom. The van der Waals surface area contributed by atoms with Crippen LogP contribution in [-0.2, 0) is 7.05 Å². The third-order valence-electron chi connectivity index (χ3n) is 4.73. The first kappa shape index (κ1) is 23.3. The number of carbonyl (C=O) groups is 1. The average molecular weight is 498 g/mol. The fraction of sp³-hybridized carbons (Fsp3) is 0.120. The molecule has 2 aromatic carbocycles. The molecule has 0 unspecified atom stereocenters. The summed E-state index contributed by atoms with van der Waals surface area (Å²) in [5.74, 6) is -2.54. The molecule has 0 fully saturated rings. The highest BCUT2D eigenvalue weighted by molar-refractivity contribution is 9.10. The van der Waals surface area contributed by atoms with Crippen LogP contribution in [-0.4, -0.2) is 15.5 Å². The summed E-state index contributed by atoms with van der Waals surface area (Å²) in [6, 6.07) is 18.7. The van der Waals surface area contributed by atoms with E-state index in [2.05, 4.69) is 26.2 Å². The first-order valence-electron chi connectivity index (χ1n) is 10.1. The van der Waals surface area contributed by atoms with Gasteiger partial charge >= 0.3 is 0 Å². The molecule has 4 aromatic rings. The third kappa shape index (κ3) is 4.78. The van der Waals surface area contributed by atoms with Gasteiger partial charge in [0.2, 0.25) is 0 Å². The molecule has 164 valence electrons. The van der Waals surface area contributed by atoms with Crippen LogP contribution in [0.15, 0.2) is 77.5 Å². The lowest BCUT2D eigenvalue weighted by molar-refractivity contribution is 0.101. The Labute approximate surface area is 194 Å². The van der Waals surface area contributed by atoms with E-state index in [-0.39, 0.29) is 5.82 Å². The van der Waals surface area contributed by atoms with Crippen LogP contribution in [0.25, 0.3) is 22.4 Å². The summed E-state index contributed by atoms with van der Waals surface area (Å²) in [6.07, 6.45) is 1.60. The van der Waals surface area contributed by atoms with Crippen molar-refractivity contribution in [2.45, 2.75) is 13.8 Å². The van der Waals surface area contributed by atoms with Crippen molar-refractivity contribution in [3.05, 3.63) is 94.7 Å². The molecule has 0 saturated carbocycles. The quantitative estimate of drug-likeness (QED) is 0.327. The van der Waals surface area contributed by atoms with E-state index in [9.17, 15) is 13.6 Å². The van der Waals surface area contributed by atoms with Gasteiger partial charge in [0.15, 0.2) is 0 Å². The minimum atomic E-state index is -0.925. The number of rotatable bonds is 4. The van der Waals surface area contributed by atoms with Crippen molar-refractivity contribution < 1.29 is 13.6 Å². The minimum absolute atomic E-state index is 0.197. The summed E-state index contributed by atoms with van der Waals surface area (Å²) in [5.41, 5.74) is 3.24. The summed E-state index contributed by atoms with van der Waals surface area (Å²) in [4.78, 5) is 16.5. The summed E-state index contributed by atoms with van der Waals surface area (Å²) >= 11 is 3.64. The van der Waals surface area contributed by atoms with Crippen molar-refractivity contribution in [3.8, 4) is 22.4 Å². The molecule has 0 aliphatic carbocycles. The fourth-order valence-corrected chi connectivity index (χ4v) is 3.72. The van der Waals surface area contributed by atoms with E-state index in [0.29, 0.717) is 0 Å². The maximum atomic E-state index is 13.8. The predicted octanol–water partition coefficient (Wildman–Crippen LogP) is 7.07. The lowest BCUT2D eigenvalue weighted by Gasteiger charge is -2.08. The van der Waals surface area contributed by atoms with Crippen LogP contribution in [0.1, 0.15) is 24.2 Å². The molecule has 0 atom stereocenters. The van der Waals surface area contributed by atoms with Gasteiger partial charge in [0.05, 0.1) is 10.3 Å². The SMILES string of the molecule is CC.Cn1c(-c2ccc(NC(=O)c3c(F)cccc3F)nc2)cc(-c2ccccc2)c1Br. The van der Waals surface area contributed by atoms with E-state index in [4.69, 9.17) is 0 Å². The van der Waals surface area contributed by atoms with Crippen molar-refractivity contribution in [1.29, 1.82) is 0 Å². The lowest BCUT2D eigenvalue weighted by atomic mass is 10.1. The van der Waals surface area contributed by atoms with Gasteiger partial charge in [-0.05, 0) is 51.8 Å². The van der Waals surface area contributed by atoms with Gasteiger partial charge in [-0.3, -0.25) is 4.79 Å². The predicted molar refractivity (Wildman–Crippen MR) is 127 cm³/mol. The number of benzene rings is 2. The van der Waals surface area contributed by atoms with Crippen LogP contribution < -0.4 is 5.32 Å². The van der Waals surface area contributed by atoms with E-state index >= 15 is 0 Å². The number of nitrogens with one attached hydrogen (secondary N) is 1. The van der Waals surface area contributed by atoms with Crippen LogP contribution in [0.5, 0.6) is 0 Å². The molecule has 0 aliphatic rings. The number of pyridine rings is 1. The first-order valence-corrected chi connectivity index (χ1v) is 10.9. The van der Waals surface area contributed by atoms with Crippen molar-refractivity contribution in [3.63, 3.8) is 0 Å². The van der Waals surface area contributed by atoms with Gasteiger partial charge in [-0.15, -0.1) is 0 Å². The fourth-order valence-electron chi connectivity index (χ4n) is 3.19. The Bertz CT molecular complexity index is 1200. The van der Waals surface area contributed by atoms with Crippen molar-refractivity contribution in [1.82, 2.24) is 9.55 Å². The molecular formula is C25H22BrF2N3O. The first-order chi connectivity index (χ1) is 15.5. The third-order valence-corrected chi connectivity index (χ3v) is 5.69. The van der Waals surface area contributed by atoms with E-state index in [1.165, 1.54) is 6.07 Å². The molecular weight excluding hydrogens is 476 g/mol. The van der Waals surface area contributed by atoms with Crippen LogP contribution in [0.3, 0.4) is 0 Å². The molecule has 0 bridgehead atoms. The van der Waals surface area contributed by atoms with Gasteiger partial charge in [0.25, 0.3) is 5.91 Å². The van der Waals surface area contributed by atoms with Crippen LogP contribution in [0, 0.1) is 11.6 Å². The minimum Gasteiger partial charge on any atom is -0.338 e. The normalized spacial score (nSPS) is 10.3. The Hall–Kier alpha value is -3.32. The van der Waals surface area contributed by atoms with Gasteiger partial charge in [0.1, 0.15) is 23.0 Å². The standard InChI is InChI=1S/C23H16BrF2N3O.C2H6/c1-29-19(12-16(22(29)24)14-6-3-2-4-7-14)15-10-11-20(27-13-15)28-23(30)21-17(25)8-5-9-18(21)26;1-2/h2-13H,1H3,(H,27,28,30);1-2H3. The number of halogens is 3. The highest BCUT2D eigenvalue weighted by Gasteiger charge is 2.18. The van der Waals surface area contributed by atoms with Gasteiger partial charge < -0.3 is 9.88 Å². The number of carbonyl (C=O) groups excluding carboxylic acids is 1. The maximum Gasteiger partial charge on any atom is 0.262 e. The molecule has 1 amide bonds. The largest absolute Gasteiger partial charge is 0.338 e. The molecule has 1 N–H and O–H groups in total. The number of nitrogens with zero attached hydrogens (tertiary/aromatic N) is 2. The van der Waals surface area contributed by atoms with Gasteiger partial charge in [-0.25, -0.2) is 13.8 Å². The van der Waals surface area contributed by atoms with E-state index in [0.717, 1.165) is 39.1 Å². The number of amides is 1. The smallest absolute Gasteiger partial charge is 0.262 e. The van der Waals surface area contributed by atoms with Crippen LogP contribution in [0.2, 0.25) is 0 Å². The lowest BCUT2D eigenvalue weighted by Crippen LogP contribution is -2.16. The Morgan fingerprint density at radius 2 is 1.59 bits per heavy atom. The number of hydrogen-bond acceptors (Lipinski definition) is 2. The number of anilines is 1. The Kier molecular flexibility index (Phi) is 7.53. The highest BCUT2D eigenvalue weighted by atomic mass is 79.9. The second-order valence-corrected chi connectivity index (χ2v) is 7.39. The zero-order valence-electron chi connectivity index (χ0n) is 17.9. The van der Waals surface area contributed by atoms with E-state index < -0.39 is 23.1 Å². The van der Waals surface area contributed by atoms with Crippen molar-refractivity contribution >= 4 is 27.7 Å². The molecule has 2 heterocycles. The zero-order valence-corrected chi connectivity index (χ0v) is 19.5. The second-order valence-electron chi connectivity index (χ2n) is 6.64. The molecule has 32 heavy (non-hydrogen) atoms. The highest BCUT2D eigenvalue weighted by Crippen LogP contribution is 2.35. The maximum absolute atomic E-state index is 13.8. The summed E-state index contributed by atoms with van der Waals surface area (Å²) in [7, 11) is 1.93. The summed E-state index contributed by atoms with van der Waals surface area (Å²) < 4.78 is 30.5. The molecule has 0 aliphatic heterocycles. The summed E-state index contributed by atoms with van der Waals surface area (Å²) in [6.45, 7) is 4.00. The molecule has 0 spiro atoms. The number of aromatic nitrogens is 2. The topological polar surface area (TPSA) is 46.9 Å². The van der Waals surface area contributed by atoms with Crippen molar-refractivity contribution in [2.75, 3.05) is 5.32 Å². The Balaban J connectivity index is 0.00000141. The van der Waals surface area contributed by atoms with Gasteiger partial charge in [0, 0.05) is 24.4 Å². The molecule has 2 aromatic heterocycles. The number of hydrogen-bond donors (Lipinski definition) is 1. The zero-order chi connectivity index (χ0) is 23.3. The van der Waals surface area contributed by atoms with Crippen molar-refractivity contribution in [2.24, 2.45) is 7.05 Å².